The second-order valence-electron chi connectivity index (χ2n) is 3.61. The third kappa shape index (κ3) is 7.82. The van der Waals surface area contributed by atoms with Gasteiger partial charge in [0.1, 0.15) is 0 Å². The second-order valence-corrected chi connectivity index (χ2v) is 5.69. The lowest BCUT2D eigenvalue weighted by molar-refractivity contribution is 0.145. The van der Waals surface area contributed by atoms with Crippen molar-refractivity contribution in [2.75, 3.05) is 32.1 Å². The smallest absolute Gasteiger partial charge is 0.0477 e. The van der Waals surface area contributed by atoms with E-state index >= 15 is 0 Å². The van der Waals surface area contributed by atoms with Gasteiger partial charge in [-0.05, 0) is 38.1 Å². The zero-order valence-electron chi connectivity index (χ0n) is 10.2. The van der Waals surface area contributed by atoms with E-state index in [1.165, 1.54) is 4.90 Å². The van der Waals surface area contributed by atoms with Crippen LogP contribution >= 0.6 is 27.7 Å². The highest BCUT2D eigenvalue weighted by molar-refractivity contribution is 9.10. The Hall–Kier alpha value is -0.0300. The van der Waals surface area contributed by atoms with Crippen molar-refractivity contribution in [3.05, 3.63) is 28.7 Å². The average Bonchev–Trinajstić information content (AvgIpc) is 2.33. The van der Waals surface area contributed by atoms with Crippen LogP contribution in [0.3, 0.4) is 0 Å². The first-order valence-electron chi connectivity index (χ1n) is 5.99. The van der Waals surface area contributed by atoms with Crippen LogP contribution in [0, 0.1) is 0 Å². The number of halogens is 1. The Morgan fingerprint density at radius 3 is 3.00 bits per heavy atom. The summed E-state index contributed by atoms with van der Waals surface area (Å²) in [5.74, 6) is 1.10. The molecule has 1 aromatic rings. The quantitative estimate of drug-likeness (QED) is 0.556. The highest BCUT2D eigenvalue weighted by Gasteiger charge is 1.95. The minimum absolute atomic E-state index is 0.818. The van der Waals surface area contributed by atoms with Gasteiger partial charge in [0.25, 0.3) is 0 Å². The zero-order valence-corrected chi connectivity index (χ0v) is 12.6. The Labute approximate surface area is 117 Å². The molecule has 0 aliphatic rings. The van der Waals surface area contributed by atoms with Gasteiger partial charge >= 0.3 is 0 Å². The molecule has 0 aromatic heterocycles. The lowest BCUT2D eigenvalue weighted by atomic mass is 10.4. The van der Waals surface area contributed by atoms with E-state index in [0.717, 1.165) is 42.9 Å². The third-order valence-electron chi connectivity index (χ3n) is 2.19. The Bertz CT molecular complexity index is 309. The number of benzene rings is 1. The summed E-state index contributed by atoms with van der Waals surface area (Å²) < 4.78 is 6.42. The molecule has 0 atom stereocenters. The van der Waals surface area contributed by atoms with E-state index in [9.17, 15) is 0 Å². The molecule has 0 unspecified atom stereocenters. The molecule has 0 aliphatic carbocycles. The zero-order chi connectivity index (χ0) is 12.3. The fourth-order valence-corrected chi connectivity index (χ4v) is 2.78. The number of thioether (sulfide) groups is 1. The lowest BCUT2D eigenvalue weighted by Gasteiger charge is -2.05. The minimum Gasteiger partial charge on any atom is -0.382 e. The lowest BCUT2D eigenvalue weighted by Crippen LogP contribution is -2.19. The Morgan fingerprint density at radius 1 is 1.35 bits per heavy atom. The maximum atomic E-state index is 5.27. The average molecular weight is 318 g/mol. The predicted molar refractivity (Wildman–Crippen MR) is 78.8 cm³/mol. The predicted octanol–water partition coefficient (Wildman–Crippen LogP) is 3.56. The van der Waals surface area contributed by atoms with Crippen molar-refractivity contribution in [1.29, 1.82) is 0 Å². The number of ether oxygens (including phenoxy) is 1. The third-order valence-corrected chi connectivity index (χ3v) is 3.68. The topological polar surface area (TPSA) is 21.3 Å². The molecular formula is C13H20BrNOS. The van der Waals surface area contributed by atoms with Crippen molar-refractivity contribution >= 4 is 27.7 Å². The highest BCUT2D eigenvalue weighted by Crippen LogP contribution is 2.21. The summed E-state index contributed by atoms with van der Waals surface area (Å²) in [7, 11) is 0. The van der Waals surface area contributed by atoms with Gasteiger partial charge in [0, 0.05) is 34.9 Å². The molecule has 0 radical (unpaired) electrons. The van der Waals surface area contributed by atoms with Crippen LogP contribution in [0.15, 0.2) is 33.6 Å². The van der Waals surface area contributed by atoms with Gasteiger partial charge in [-0.25, -0.2) is 0 Å². The molecule has 0 aliphatic heterocycles. The molecule has 0 amide bonds. The maximum absolute atomic E-state index is 5.27. The van der Waals surface area contributed by atoms with Gasteiger partial charge in [-0.3, -0.25) is 0 Å². The molecular weight excluding hydrogens is 298 g/mol. The summed E-state index contributed by atoms with van der Waals surface area (Å²) in [4.78, 5) is 1.32. The fourth-order valence-electron chi connectivity index (χ4n) is 1.37. The first-order valence-corrected chi connectivity index (χ1v) is 7.77. The van der Waals surface area contributed by atoms with Gasteiger partial charge in [-0.1, -0.05) is 22.0 Å². The summed E-state index contributed by atoms with van der Waals surface area (Å²) >= 11 is 5.36. The van der Waals surface area contributed by atoms with Gasteiger partial charge in [0.2, 0.25) is 0 Å². The molecule has 0 saturated heterocycles. The van der Waals surface area contributed by atoms with E-state index in [1.807, 2.05) is 18.7 Å². The van der Waals surface area contributed by atoms with Crippen LogP contribution in [0.4, 0.5) is 0 Å². The number of hydrogen-bond acceptors (Lipinski definition) is 3. The molecule has 2 nitrogen and oxygen atoms in total. The molecule has 0 saturated carbocycles. The van der Waals surface area contributed by atoms with E-state index in [4.69, 9.17) is 4.74 Å². The van der Waals surface area contributed by atoms with Gasteiger partial charge in [-0.15, -0.1) is 11.8 Å². The van der Waals surface area contributed by atoms with Gasteiger partial charge in [0.15, 0.2) is 0 Å². The SMILES string of the molecule is CCOCCCNCCSc1cccc(Br)c1. The molecule has 0 bridgehead atoms. The Kier molecular flexibility index (Phi) is 8.79. The van der Waals surface area contributed by atoms with E-state index in [-0.39, 0.29) is 0 Å². The van der Waals surface area contributed by atoms with Gasteiger partial charge in [-0.2, -0.15) is 0 Å². The van der Waals surface area contributed by atoms with Crippen LogP contribution < -0.4 is 5.32 Å². The molecule has 4 heteroatoms. The summed E-state index contributed by atoms with van der Waals surface area (Å²) in [6.45, 7) is 5.80. The molecule has 0 fully saturated rings. The van der Waals surface area contributed by atoms with E-state index < -0.39 is 0 Å². The summed E-state index contributed by atoms with van der Waals surface area (Å²) in [5, 5.41) is 3.42. The summed E-state index contributed by atoms with van der Waals surface area (Å²) in [6, 6.07) is 8.42. The number of hydrogen-bond donors (Lipinski definition) is 1. The molecule has 1 aromatic carbocycles. The minimum atomic E-state index is 0.818. The van der Waals surface area contributed by atoms with Crippen molar-refractivity contribution < 1.29 is 4.74 Å². The molecule has 0 heterocycles. The second kappa shape index (κ2) is 9.95. The van der Waals surface area contributed by atoms with Crippen LogP contribution in [0.5, 0.6) is 0 Å². The summed E-state index contributed by atoms with van der Waals surface area (Å²) in [6.07, 6.45) is 1.09. The van der Waals surface area contributed by atoms with Crippen LogP contribution in [-0.4, -0.2) is 32.1 Å². The van der Waals surface area contributed by atoms with E-state index in [2.05, 4.69) is 45.5 Å². The van der Waals surface area contributed by atoms with Crippen molar-refractivity contribution in [1.82, 2.24) is 5.32 Å². The maximum Gasteiger partial charge on any atom is 0.0477 e. The first kappa shape index (κ1) is 15.0. The highest BCUT2D eigenvalue weighted by atomic mass is 79.9. The number of rotatable bonds is 9. The summed E-state index contributed by atoms with van der Waals surface area (Å²) in [5.41, 5.74) is 0. The Morgan fingerprint density at radius 2 is 2.24 bits per heavy atom. The molecule has 0 spiro atoms. The van der Waals surface area contributed by atoms with Crippen LogP contribution in [0.1, 0.15) is 13.3 Å². The van der Waals surface area contributed by atoms with E-state index in [0.29, 0.717) is 0 Å². The molecule has 1 rings (SSSR count). The molecule has 1 N–H and O–H groups in total. The van der Waals surface area contributed by atoms with Gasteiger partial charge < -0.3 is 10.1 Å². The van der Waals surface area contributed by atoms with Crippen molar-refractivity contribution in [2.45, 2.75) is 18.2 Å². The van der Waals surface area contributed by atoms with Gasteiger partial charge in [0.05, 0.1) is 0 Å². The first-order chi connectivity index (χ1) is 8.33. The van der Waals surface area contributed by atoms with Crippen LogP contribution in [-0.2, 0) is 4.74 Å². The monoisotopic (exact) mass is 317 g/mol. The number of nitrogens with one attached hydrogen (secondary N) is 1. The van der Waals surface area contributed by atoms with Crippen molar-refractivity contribution in [2.24, 2.45) is 0 Å². The largest absolute Gasteiger partial charge is 0.382 e. The Balaban J connectivity index is 1.97. The fraction of sp³-hybridized carbons (Fsp3) is 0.538. The molecule has 96 valence electrons. The van der Waals surface area contributed by atoms with Crippen molar-refractivity contribution in [3.8, 4) is 0 Å². The van der Waals surface area contributed by atoms with Crippen LogP contribution in [0.25, 0.3) is 0 Å². The molecule has 17 heavy (non-hydrogen) atoms. The van der Waals surface area contributed by atoms with Crippen LogP contribution in [0.2, 0.25) is 0 Å². The normalized spacial score (nSPS) is 10.7. The van der Waals surface area contributed by atoms with Crippen molar-refractivity contribution in [3.63, 3.8) is 0 Å². The standard InChI is InChI=1S/C13H20BrNOS/c1-2-16-9-4-7-15-8-10-17-13-6-3-5-12(14)11-13/h3,5-6,11,15H,2,4,7-10H2,1H3. The van der Waals surface area contributed by atoms with E-state index in [1.54, 1.807) is 0 Å².